The number of halogens is 2. The van der Waals surface area contributed by atoms with Gasteiger partial charge in [-0.3, -0.25) is 4.68 Å². The third-order valence-corrected chi connectivity index (χ3v) is 6.87. The Labute approximate surface area is 168 Å². The van der Waals surface area contributed by atoms with Gasteiger partial charge in [0, 0.05) is 29.9 Å². The van der Waals surface area contributed by atoms with E-state index in [2.05, 4.69) is 5.10 Å². The minimum Gasteiger partial charge on any atom is -0.465 e. The first-order chi connectivity index (χ1) is 13.2. The molecule has 0 N–H and O–H groups in total. The van der Waals surface area contributed by atoms with Crippen LogP contribution in [-0.2, 0) is 21.3 Å². The molecule has 0 spiro atoms. The zero-order valence-electron chi connectivity index (χ0n) is 15.6. The molecule has 1 aromatic carbocycles. The molecular weight excluding hydrogens is 409 g/mol. The predicted octanol–water partition coefficient (Wildman–Crippen LogP) is 2.93. The maximum absolute atomic E-state index is 14.1. The SMILES string of the molecule is COC(=O)c1cn(Cc2c(F)cccc2Cl)nc1S(=O)(=O)N1CCC[C@H](C)C1. The molecule has 152 valence electrons. The first-order valence-corrected chi connectivity index (χ1v) is 10.6. The highest BCUT2D eigenvalue weighted by molar-refractivity contribution is 7.89. The molecular formula is C18H21ClFN3O4S. The van der Waals surface area contributed by atoms with Crippen molar-refractivity contribution in [1.29, 1.82) is 0 Å². The largest absolute Gasteiger partial charge is 0.465 e. The summed E-state index contributed by atoms with van der Waals surface area (Å²) in [6.45, 7) is 2.57. The zero-order chi connectivity index (χ0) is 20.5. The van der Waals surface area contributed by atoms with Crippen LogP contribution in [0.2, 0.25) is 5.02 Å². The van der Waals surface area contributed by atoms with Crippen molar-refractivity contribution in [3.8, 4) is 0 Å². The summed E-state index contributed by atoms with van der Waals surface area (Å²) >= 11 is 6.04. The average molecular weight is 430 g/mol. The average Bonchev–Trinajstić information content (AvgIpc) is 3.09. The lowest BCUT2D eigenvalue weighted by Gasteiger charge is -2.29. The highest BCUT2D eigenvalue weighted by Gasteiger charge is 2.35. The number of hydrogen-bond donors (Lipinski definition) is 0. The molecule has 1 atom stereocenters. The number of nitrogens with zero attached hydrogens (tertiary/aromatic N) is 3. The van der Waals surface area contributed by atoms with Gasteiger partial charge in [0.15, 0.2) is 0 Å². The van der Waals surface area contributed by atoms with Gasteiger partial charge in [0.1, 0.15) is 11.4 Å². The smallest absolute Gasteiger partial charge is 0.342 e. The van der Waals surface area contributed by atoms with Crippen molar-refractivity contribution < 1.29 is 22.3 Å². The third kappa shape index (κ3) is 4.06. The van der Waals surface area contributed by atoms with Gasteiger partial charge < -0.3 is 4.74 Å². The fourth-order valence-electron chi connectivity index (χ4n) is 3.26. The second-order valence-electron chi connectivity index (χ2n) is 6.85. The van der Waals surface area contributed by atoms with E-state index in [-0.39, 0.29) is 33.6 Å². The Morgan fingerprint density at radius 3 is 2.82 bits per heavy atom. The van der Waals surface area contributed by atoms with Crippen molar-refractivity contribution in [2.24, 2.45) is 5.92 Å². The number of ether oxygens (including phenoxy) is 1. The van der Waals surface area contributed by atoms with Gasteiger partial charge in [-0.25, -0.2) is 17.6 Å². The number of sulfonamides is 1. The van der Waals surface area contributed by atoms with E-state index in [1.807, 2.05) is 6.92 Å². The van der Waals surface area contributed by atoms with Gasteiger partial charge in [0.05, 0.1) is 13.7 Å². The molecule has 0 saturated carbocycles. The number of esters is 1. The lowest BCUT2D eigenvalue weighted by Crippen LogP contribution is -2.39. The molecule has 1 aliphatic rings. The molecule has 0 aliphatic carbocycles. The van der Waals surface area contributed by atoms with E-state index in [0.717, 1.165) is 20.0 Å². The van der Waals surface area contributed by atoms with Crippen LogP contribution in [0.3, 0.4) is 0 Å². The van der Waals surface area contributed by atoms with Crippen LogP contribution in [0.5, 0.6) is 0 Å². The maximum Gasteiger partial charge on any atom is 0.342 e. The number of aromatic nitrogens is 2. The van der Waals surface area contributed by atoms with E-state index in [4.69, 9.17) is 16.3 Å². The van der Waals surface area contributed by atoms with Crippen LogP contribution < -0.4 is 0 Å². The van der Waals surface area contributed by atoms with Crippen LogP contribution in [-0.4, -0.2) is 48.7 Å². The molecule has 3 rings (SSSR count). The molecule has 1 aromatic heterocycles. The highest BCUT2D eigenvalue weighted by Crippen LogP contribution is 2.26. The summed E-state index contributed by atoms with van der Waals surface area (Å²) in [4.78, 5) is 12.2. The highest BCUT2D eigenvalue weighted by atomic mass is 35.5. The van der Waals surface area contributed by atoms with Crippen LogP contribution >= 0.6 is 11.6 Å². The van der Waals surface area contributed by atoms with Crippen molar-refractivity contribution >= 4 is 27.6 Å². The molecule has 1 saturated heterocycles. The lowest BCUT2D eigenvalue weighted by molar-refractivity contribution is 0.0596. The Hall–Kier alpha value is -1.97. The number of hydrogen-bond acceptors (Lipinski definition) is 5. The second kappa shape index (κ2) is 8.18. The molecule has 7 nitrogen and oxygen atoms in total. The van der Waals surface area contributed by atoms with Crippen molar-refractivity contribution in [2.75, 3.05) is 20.2 Å². The summed E-state index contributed by atoms with van der Waals surface area (Å²) in [5.41, 5.74) is -0.0354. The van der Waals surface area contributed by atoms with Crippen molar-refractivity contribution in [2.45, 2.75) is 31.3 Å². The summed E-state index contributed by atoms with van der Waals surface area (Å²) in [5, 5.41) is 3.89. The van der Waals surface area contributed by atoms with Crippen molar-refractivity contribution in [3.05, 3.63) is 46.4 Å². The van der Waals surface area contributed by atoms with Gasteiger partial charge in [-0.1, -0.05) is 24.6 Å². The lowest BCUT2D eigenvalue weighted by atomic mass is 10.0. The number of carbonyl (C=O) groups excluding carboxylic acids is 1. The minimum atomic E-state index is -4.00. The Balaban J connectivity index is 2.02. The molecule has 2 aromatic rings. The van der Waals surface area contributed by atoms with Crippen LogP contribution in [0.15, 0.2) is 29.4 Å². The fourth-order valence-corrected chi connectivity index (χ4v) is 5.17. The summed E-state index contributed by atoms with van der Waals surface area (Å²) in [7, 11) is -2.84. The summed E-state index contributed by atoms with van der Waals surface area (Å²) < 4.78 is 47.6. The van der Waals surface area contributed by atoms with Gasteiger partial charge >= 0.3 is 5.97 Å². The van der Waals surface area contributed by atoms with E-state index in [1.165, 1.54) is 33.4 Å². The maximum atomic E-state index is 14.1. The first-order valence-electron chi connectivity index (χ1n) is 8.83. The van der Waals surface area contributed by atoms with Crippen LogP contribution in [0, 0.1) is 11.7 Å². The summed E-state index contributed by atoms with van der Waals surface area (Å²) in [6, 6.07) is 4.24. The number of piperidine rings is 1. The van der Waals surface area contributed by atoms with Crippen molar-refractivity contribution in [1.82, 2.24) is 14.1 Å². The monoisotopic (exact) mass is 429 g/mol. The van der Waals surface area contributed by atoms with Crippen LogP contribution in [0.4, 0.5) is 4.39 Å². The molecule has 0 radical (unpaired) electrons. The molecule has 10 heteroatoms. The van der Waals surface area contributed by atoms with E-state index < -0.39 is 21.8 Å². The Morgan fingerprint density at radius 1 is 1.43 bits per heavy atom. The molecule has 0 unspecified atom stereocenters. The number of methoxy groups -OCH3 is 1. The Kier molecular flexibility index (Phi) is 6.07. The van der Waals surface area contributed by atoms with Crippen LogP contribution in [0.25, 0.3) is 0 Å². The fraction of sp³-hybridized carbons (Fsp3) is 0.444. The van der Waals surface area contributed by atoms with E-state index >= 15 is 0 Å². The van der Waals surface area contributed by atoms with Gasteiger partial charge in [-0.15, -0.1) is 0 Å². The Morgan fingerprint density at radius 2 is 2.18 bits per heavy atom. The van der Waals surface area contributed by atoms with E-state index in [9.17, 15) is 17.6 Å². The molecule has 0 amide bonds. The minimum absolute atomic E-state index is 0.124. The molecule has 2 heterocycles. The van der Waals surface area contributed by atoms with Gasteiger partial charge in [0.2, 0.25) is 5.03 Å². The van der Waals surface area contributed by atoms with Crippen LogP contribution in [0.1, 0.15) is 35.7 Å². The second-order valence-corrected chi connectivity index (χ2v) is 9.11. The summed E-state index contributed by atoms with van der Waals surface area (Å²) in [5.74, 6) is -1.16. The number of benzene rings is 1. The molecule has 0 bridgehead atoms. The van der Waals surface area contributed by atoms with Gasteiger partial charge in [-0.2, -0.15) is 9.40 Å². The number of rotatable bonds is 5. The van der Waals surface area contributed by atoms with E-state index in [1.54, 1.807) is 0 Å². The Bertz CT molecular complexity index is 972. The molecule has 1 fully saturated rings. The van der Waals surface area contributed by atoms with E-state index in [0.29, 0.717) is 13.1 Å². The molecule has 1 aliphatic heterocycles. The standard InChI is InChI=1S/C18H21ClFN3O4S/c1-12-5-4-8-23(9-12)28(25,26)17-14(18(24)27-2)11-22(21-17)10-13-15(19)6-3-7-16(13)20/h3,6-7,11-12H,4-5,8-10H2,1-2H3/t12-/m0/s1. The number of carbonyl (C=O) groups is 1. The predicted molar refractivity (Wildman–Crippen MR) is 101 cm³/mol. The normalized spacial score (nSPS) is 18.2. The van der Waals surface area contributed by atoms with Gasteiger partial charge in [-0.05, 0) is 30.9 Å². The zero-order valence-corrected chi connectivity index (χ0v) is 17.1. The third-order valence-electron chi connectivity index (χ3n) is 4.72. The van der Waals surface area contributed by atoms with Gasteiger partial charge in [0.25, 0.3) is 10.0 Å². The first kappa shape index (κ1) is 20.8. The quantitative estimate of drug-likeness (QED) is 0.682. The molecule has 28 heavy (non-hydrogen) atoms. The topological polar surface area (TPSA) is 81.5 Å². The van der Waals surface area contributed by atoms with Crippen molar-refractivity contribution in [3.63, 3.8) is 0 Å². The summed E-state index contributed by atoms with van der Waals surface area (Å²) in [6.07, 6.45) is 2.92.